The summed E-state index contributed by atoms with van der Waals surface area (Å²) >= 11 is 8.24. The van der Waals surface area contributed by atoms with Gasteiger partial charge in [-0.05, 0) is 48.2 Å². The number of nitrogens with one attached hydrogen (secondary N) is 1. The monoisotopic (exact) mass is 395 g/mol. The number of fused-ring (bicyclic) bond motifs is 4. The number of nitrogens with zero attached hydrogens (tertiary/aromatic N) is 2. The topological polar surface area (TPSA) is 29.9 Å². The molecule has 0 aliphatic carbocycles. The van der Waals surface area contributed by atoms with Gasteiger partial charge in [0.1, 0.15) is 5.03 Å². The highest BCUT2D eigenvalue weighted by atomic mass is 35.5. The first-order valence-electron chi connectivity index (χ1n) is 9.31. The Bertz CT molecular complexity index is 1030. The van der Waals surface area contributed by atoms with Crippen molar-refractivity contribution in [3.05, 3.63) is 70.4 Å². The summed E-state index contributed by atoms with van der Waals surface area (Å²) in [5.41, 5.74) is 6.12. The van der Waals surface area contributed by atoms with E-state index in [0.29, 0.717) is 5.92 Å². The lowest BCUT2D eigenvalue weighted by Crippen LogP contribution is -2.44. The molecule has 3 aromatic rings. The van der Waals surface area contributed by atoms with Crippen LogP contribution in [0.25, 0.3) is 5.69 Å². The molecule has 3 heterocycles. The van der Waals surface area contributed by atoms with Gasteiger partial charge in [-0.15, -0.1) is 11.8 Å². The van der Waals surface area contributed by atoms with Gasteiger partial charge in [-0.25, -0.2) is 4.68 Å². The Balaban J connectivity index is 1.66. The van der Waals surface area contributed by atoms with E-state index in [-0.39, 0.29) is 11.5 Å². The first kappa shape index (κ1) is 17.2. The maximum Gasteiger partial charge on any atom is 0.105 e. The van der Waals surface area contributed by atoms with Gasteiger partial charge in [0.2, 0.25) is 0 Å². The number of halogens is 1. The third-order valence-corrected chi connectivity index (χ3v) is 7.52. The molecule has 0 saturated heterocycles. The Kier molecular flexibility index (Phi) is 3.85. The number of aryl methyl sites for hydroxylation is 1. The highest BCUT2D eigenvalue weighted by Crippen LogP contribution is 2.55. The Morgan fingerprint density at radius 2 is 1.96 bits per heavy atom. The number of hydrogen-bond acceptors (Lipinski definition) is 3. The number of thioether (sulfide) groups is 1. The van der Waals surface area contributed by atoms with Crippen LogP contribution in [0.5, 0.6) is 0 Å². The van der Waals surface area contributed by atoms with Crippen LogP contribution in [-0.2, 0) is 5.41 Å². The van der Waals surface area contributed by atoms with Crippen molar-refractivity contribution in [2.24, 2.45) is 5.92 Å². The third kappa shape index (κ3) is 2.54. The standard InChI is InChI=1S/C22H22ClN3S/c1-13-19-20-17(22(2,3)16-11-14(23)9-10-18(16)24-20)12-27-21(19)26(25-13)15-7-5-4-6-8-15/h4-11,17,20,24H,12H2,1-3H3/t17-,20-/m1/s1. The quantitative estimate of drug-likeness (QED) is 0.548. The second-order valence-electron chi connectivity index (χ2n) is 8.00. The molecule has 1 aromatic heterocycles. The summed E-state index contributed by atoms with van der Waals surface area (Å²) in [5, 5.41) is 10.8. The number of anilines is 1. The zero-order chi connectivity index (χ0) is 18.8. The summed E-state index contributed by atoms with van der Waals surface area (Å²) in [7, 11) is 0. The molecular formula is C22H22ClN3S. The molecule has 2 aliphatic rings. The smallest absolute Gasteiger partial charge is 0.105 e. The number of para-hydroxylation sites is 1. The van der Waals surface area contributed by atoms with Crippen molar-refractivity contribution in [1.29, 1.82) is 0 Å². The van der Waals surface area contributed by atoms with Gasteiger partial charge in [0.05, 0.1) is 17.4 Å². The first-order valence-corrected chi connectivity index (χ1v) is 10.7. The van der Waals surface area contributed by atoms with Crippen LogP contribution in [0.3, 0.4) is 0 Å². The summed E-state index contributed by atoms with van der Waals surface area (Å²) in [5.74, 6) is 1.54. The second kappa shape index (κ2) is 6.05. The Hall–Kier alpha value is -1.91. The van der Waals surface area contributed by atoms with Crippen LogP contribution in [-0.4, -0.2) is 15.5 Å². The molecule has 27 heavy (non-hydrogen) atoms. The molecule has 2 atom stereocenters. The Labute approximate surface area is 169 Å². The molecule has 0 bridgehead atoms. The van der Waals surface area contributed by atoms with Crippen LogP contribution >= 0.6 is 23.4 Å². The predicted molar refractivity (Wildman–Crippen MR) is 113 cm³/mol. The van der Waals surface area contributed by atoms with Crippen molar-refractivity contribution >= 4 is 29.1 Å². The Morgan fingerprint density at radius 3 is 2.74 bits per heavy atom. The van der Waals surface area contributed by atoms with Crippen molar-refractivity contribution < 1.29 is 0 Å². The fourth-order valence-electron chi connectivity index (χ4n) is 4.57. The van der Waals surface area contributed by atoms with Gasteiger partial charge >= 0.3 is 0 Å². The minimum Gasteiger partial charge on any atom is -0.377 e. The molecule has 2 aliphatic heterocycles. The maximum atomic E-state index is 6.31. The summed E-state index contributed by atoms with van der Waals surface area (Å²) in [6.07, 6.45) is 0. The average molecular weight is 396 g/mol. The maximum absolute atomic E-state index is 6.31. The van der Waals surface area contributed by atoms with Gasteiger partial charge in [-0.1, -0.05) is 43.6 Å². The predicted octanol–water partition coefficient (Wildman–Crippen LogP) is 6.00. The van der Waals surface area contributed by atoms with Crippen molar-refractivity contribution in [1.82, 2.24) is 9.78 Å². The Morgan fingerprint density at radius 1 is 1.19 bits per heavy atom. The van der Waals surface area contributed by atoms with E-state index in [1.54, 1.807) is 0 Å². The van der Waals surface area contributed by atoms with E-state index in [9.17, 15) is 0 Å². The minimum absolute atomic E-state index is 0.0438. The lowest BCUT2D eigenvalue weighted by molar-refractivity contribution is 0.292. The molecule has 5 heteroatoms. The highest BCUT2D eigenvalue weighted by Gasteiger charge is 2.47. The molecule has 0 saturated carbocycles. The fourth-order valence-corrected chi connectivity index (χ4v) is 6.38. The van der Waals surface area contributed by atoms with E-state index in [0.717, 1.165) is 22.2 Å². The van der Waals surface area contributed by atoms with E-state index in [2.05, 4.69) is 67.2 Å². The number of benzene rings is 2. The molecule has 5 rings (SSSR count). The van der Waals surface area contributed by atoms with E-state index in [1.807, 2.05) is 23.9 Å². The first-order chi connectivity index (χ1) is 13.0. The molecule has 138 valence electrons. The van der Waals surface area contributed by atoms with Crippen molar-refractivity contribution in [2.75, 3.05) is 11.1 Å². The van der Waals surface area contributed by atoms with Crippen LogP contribution in [0.4, 0.5) is 5.69 Å². The zero-order valence-corrected chi connectivity index (χ0v) is 17.2. The fraction of sp³-hybridized carbons (Fsp3) is 0.318. The molecule has 0 spiro atoms. The average Bonchev–Trinajstić information content (AvgIpc) is 3.00. The van der Waals surface area contributed by atoms with Crippen LogP contribution in [0.1, 0.15) is 36.7 Å². The molecule has 0 fully saturated rings. The molecule has 2 aromatic carbocycles. The molecule has 0 amide bonds. The largest absolute Gasteiger partial charge is 0.377 e. The number of aromatic nitrogens is 2. The summed E-state index contributed by atoms with van der Waals surface area (Å²) in [4.78, 5) is 0. The van der Waals surface area contributed by atoms with Crippen LogP contribution in [0.15, 0.2) is 53.6 Å². The molecule has 3 nitrogen and oxygen atoms in total. The van der Waals surface area contributed by atoms with Gasteiger partial charge in [-0.2, -0.15) is 5.10 Å². The third-order valence-electron chi connectivity index (χ3n) is 6.09. The second-order valence-corrected chi connectivity index (χ2v) is 9.45. The summed E-state index contributed by atoms with van der Waals surface area (Å²) in [6.45, 7) is 6.83. The van der Waals surface area contributed by atoms with Crippen LogP contribution in [0, 0.1) is 12.8 Å². The number of hydrogen-bond donors (Lipinski definition) is 1. The van der Waals surface area contributed by atoms with Gasteiger partial charge in [-0.3, -0.25) is 0 Å². The van der Waals surface area contributed by atoms with Crippen molar-refractivity contribution in [3.63, 3.8) is 0 Å². The SMILES string of the molecule is Cc1nn(-c2ccccc2)c2c1[C@@H]1Nc3ccc(Cl)cc3C(C)(C)[C@@H]1CS2. The number of rotatable bonds is 1. The van der Waals surface area contributed by atoms with Crippen molar-refractivity contribution in [2.45, 2.75) is 37.3 Å². The van der Waals surface area contributed by atoms with Crippen molar-refractivity contribution in [3.8, 4) is 5.69 Å². The van der Waals surface area contributed by atoms with Gasteiger partial charge in [0, 0.05) is 27.9 Å². The van der Waals surface area contributed by atoms with Gasteiger partial charge in [0.15, 0.2) is 0 Å². The minimum atomic E-state index is 0.0438. The molecule has 0 unspecified atom stereocenters. The van der Waals surface area contributed by atoms with Gasteiger partial charge in [0.25, 0.3) is 0 Å². The van der Waals surface area contributed by atoms with E-state index in [1.165, 1.54) is 21.8 Å². The van der Waals surface area contributed by atoms with E-state index in [4.69, 9.17) is 16.7 Å². The highest BCUT2D eigenvalue weighted by molar-refractivity contribution is 7.99. The van der Waals surface area contributed by atoms with Gasteiger partial charge < -0.3 is 5.32 Å². The lowest BCUT2D eigenvalue weighted by atomic mass is 9.66. The normalized spacial score (nSPS) is 22.4. The molecule has 1 N–H and O–H groups in total. The van der Waals surface area contributed by atoms with E-state index < -0.39 is 0 Å². The van der Waals surface area contributed by atoms with Crippen LogP contribution < -0.4 is 5.32 Å². The summed E-state index contributed by atoms with van der Waals surface area (Å²) in [6, 6.07) is 16.9. The van der Waals surface area contributed by atoms with Crippen LogP contribution in [0.2, 0.25) is 5.02 Å². The zero-order valence-electron chi connectivity index (χ0n) is 15.7. The molecule has 0 radical (unpaired) electrons. The summed E-state index contributed by atoms with van der Waals surface area (Å²) < 4.78 is 2.11. The lowest BCUT2D eigenvalue weighted by Gasteiger charge is -2.48. The van der Waals surface area contributed by atoms with E-state index >= 15 is 0 Å². The molecular weight excluding hydrogens is 374 g/mol.